The number of nitro groups is 1. The molecule has 0 bridgehead atoms. The molecule has 0 radical (unpaired) electrons. The molecule has 0 saturated carbocycles. The highest BCUT2D eigenvalue weighted by molar-refractivity contribution is 9.10. The largest absolute Gasteiger partial charge is 0.379 e. The molecule has 0 aliphatic rings. The van der Waals surface area contributed by atoms with E-state index in [1.54, 1.807) is 0 Å². The van der Waals surface area contributed by atoms with Crippen LogP contribution >= 0.6 is 27.3 Å². The third-order valence-corrected chi connectivity index (χ3v) is 4.19. The average Bonchev–Trinajstić information content (AvgIpc) is 2.79. The first-order chi connectivity index (χ1) is 9.47. The molecule has 0 spiro atoms. The second-order valence-corrected chi connectivity index (χ2v) is 5.90. The van der Waals surface area contributed by atoms with Gasteiger partial charge in [-0.05, 0) is 22.9 Å². The fraction of sp³-hybridized carbons (Fsp3) is 0.250. The highest BCUT2D eigenvalue weighted by Crippen LogP contribution is 2.30. The van der Waals surface area contributed by atoms with Crippen LogP contribution in [-0.2, 0) is 6.42 Å². The molecule has 1 N–H and O–H groups in total. The van der Waals surface area contributed by atoms with Gasteiger partial charge in [0.25, 0.3) is 5.69 Å². The first-order valence-corrected chi connectivity index (χ1v) is 7.43. The maximum absolute atomic E-state index is 13.5. The number of hydrogen-bond acceptors (Lipinski definition) is 5. The number of nitrogens with one attached hydrogen (secondary N) is 1. The topological polar surface area (TPSA) is 68.1 Å². The van der Waals surface area contributed by atoms with E-state index >= 15 is 0 Å². The quantitative estimate of drug-likeness (QED) is 0.648. The Morgan fingerprint density at radius 1 is 1.55 bits per heavy atom. The summed E-state index contributed by atoms with van der Waals surface area (Å²) in [5.41, 5.74) is 0.961. The van der Waals surface area contributed by atoms with Crippen molar-refractivity contribution in [2.24, 2.45) is 0 Å². The Morgan fingerprint density at radius 3 is 2.90 bits per heavy atom. The van der Waals surface area contributed by atoms with Gasteiger partial charge in [0.05, 0.1) is 14.4 Å². The highest BCUT2D eigenvalue weighted by atomic mass is 79.9. The van der Waals surface area contributed by atoms with Crippen molar-refractivity contribution in [2.45, 2.75) is 13.3 Å². The summed E-state index contributed by atoms with van der Waals surface area (Å²) in [6.07, 6.45) is 0.632. The lowest BCUT2D eigenvalue weighted by Crippen LogP contribution is -2.07. The number of nitrogens with zero attached hydrogens (tertiary/aromatic N) is 2. The number of hydrogen-bond donors (Lipinski definition) is 1. The zero-order chi connectivity index (χ0) is 14.7. The van der Waals surface area contributed by atoms with Gasteiger partial charge < -0.3 is 5.32 Å². The molecule has 5 nitrogen and oxygen atoms in total. The van der Waals surface area contributed by atoms with Crippen LogP contribution in [-0.4, -0.2) is 16.5 Å². The van der Waals surface area contributed by atoms with Crippen molar-refractivity contribution < 1.29 is 9.31 Å². The van der Waals surface area contributed by atoms with E-state index in [1.165, 1.54) is 11.3 Å². The van der Waals surface area contributed by atoms with E-state index in [0.717, 1.165) is 22.8 Å². The van der Waals surface area contributed by atoms with Crippen LogP contribution in [0.2, 0.25) is 0 Å². The minimum atomic E-state index is -0.542. The van der Waals surface area contributed by atoms with E-state index in [2.05, 4.69) is 26.2 Å². The Kier molecular flexibility index (Phi) is 4.66. The first-order valence-electron chi connectivity index (χ1n) is 5.75. The Labute approximate surface area is 127 Å². The zero-order valence-electron chi connectivity index (χ0n) is 10.5. The van der Waals surface area contributed by atoms with Crippen molar-refractivity contribution in [1.29, 1.82) is 0 Å². The third-order valence-electron chi connectivity index (χ3n) is 2.56. The fourth-order valence-electron chi connectivity index (χ4n) is 1.65. The van der Waals surface area contributed by atoms with Crippen LogP contribution in [0.4, 0.5) is 15.8 Å². The molecule has 0 fully saturated rings. The molecule has 106 valence electrons. The van der Waals surface area contributed by atoms with Gasteiger partial charge in [0.15, 0.2) is 0 Å². The molecular weight excluding hydrogens is 349 g/mol. The monoisotopic (exact) mass is 359 g/mol. The number of halogens is 2. The van der Waals surface area contributed by atoms with Gasteiger partial charge >= 0.3 is 0 Å². The molecule has 1 heterocycles. The summed E-state index contributed by atoms with van der Waals surface area (Å²) in [6.45, 7) is 2.36. The van der Waals surface area contributed by atoms with E-state index < -0.39 is 10.7 Å². The Morgan fingerprint density at radius 2 is 2.30 bits per heavy atom. The van der Waals surface area contributed by atoms with Gasteiger partial charge in [-0.15, -0.1) is 11.3 Å². The standard InChI is InChI=1S/C12H11BrFN3O2S/c1-7-6-20-12(16-7)2-3-15-10-5-9(14)8(13)4-11(10)17(18)19/h4-6,15H,2-3H2,1H3. The molecule has 0 unspecified atom stereocenters. The van der Waals surface area contributed by atoms with E-state index in [4.69, 9.17) is 0 Å². The van der Waals surface area contributed by atoms with Gasteiger partial charge in [0.1, 0.15) is 11.5 Å². The molecular formula is C12H11BrFN3O2S. The van der Waals surface area contributed by atoms with Crippen molar-refractivity contribution in [3.8, 4) is 0 Å². The molecule has 0 aliphatic heterocycles. The van der Waals surface area contributed by atoms with Crippen LogP contribution in [0.5, 0.6) is 0 Å². The molecule has 1 aromatic carbocycles. The van der Waals surface area contributed by atoms with Crippen molar-refractivity contribution in [1.82, 2.24) is 4.98 Å². The van der Waals surface area contributed by atoms with Crippen LogP contribution in [0.3, 0.4) is 0 Å². The van der Waals surface area contributed by atoms with Crippen molar-refractivity contribution in [3.05, 3.63) is 48.6 Å². The van der Waals surface area contributed by atoms with Crippen LogP contribution < -0.4 is 5.32 Å². The number of anilines is 1. The van der Waals surface area contributed by atoms with E-state index in [-0.39, 0.29) is 15.8 Å². The van der Waals surface area contributed by atoms with Gasteiger partial charge in [0.2, 0.25) is 0 Å². The molecule has 0 atom stereocenters. The minimum absolute atomic E-state index is 0.0744. The lowest BCUT2D eigenvalue weighted by Gasteiger charge is -2.07. The van der Waals surface area contributed by atoms with Crippen LogP contribution in [0.15, 0.2) is 22.0 Å². The second-order valence-electron chi connectivity index (χ2n) is 4.10. The number of thiazole rings is 1. The Hall–Kier alpha value is -1.54. The maximum atomic E-state index is 13.5. The summed E-state index contributed by atoms with van der Waals surface area (Å²) in [5, 5.41) is 16.7. The number of aromatic nitrogens is 1. The molecule has 0 saturated heterocycles. The third kappa shape index (κ3) is 3.51. The molecule has 8 heteroatoms. The van der Waals surface area contributed by atoms with Gasteiger partial charge in [-0.3, -0.25) is 10.1 Å². The fourth-order valence-corrected chi connectivity index (χ4v) is 2.76. The van der Waals surface area contributed by atoms with E-state index in [9.17, 15) is 14.5 Å². The molecule has 2 aromatic rings. The Balaban J connectivity index is 2.08. The highest BCUT2D eigenvalue weighted by Gasteiger charge is 2.17. The summed E-state index contributed by atoms with van der Waals surface area (Å²) < 4.78 is 13.5. The van der Waals surface area contributed by atoms with Crippen LogP contribution in [0.25, 0.3) is 0 Å². The van der Waals surface area contributed by atoms with Gasteiger partial charge in [0, 0.05) is 36.2 Å². The van der Waals surface area contributed by atoms with E-state index in [1.807, 2.05) is 12.3 Å². The first kappa shape index (κ1) is 14.9. The Bertz CT molecular complexity index is 648. The molecule has 0 amide bonds. The number of benzene rings is 1. The molecule has 20 heavy (non-hydrogen) atoms. The zero-order valence-corrected chi connectivity index (χ0v) is 12.9. The number of aryl methyl sites for hydroxylation is 1. The van der Waals surface area contributed by atoms with Gasteiger partial charge in [-0.1, -0.05) is 0 Å². The SMILES string of the molecule is Cc1csc(CCNc2cc(F)c(Br)cc2[N+](=O)[O-])n1. The summed E-state index contributed by atoms with van der Waals surface area (Å²) in [4.78, 5) is 14.7. The summed E-state index contributed by atoms with van der Waals surface area (Å²) in [7, 11) is 0. The smallest absolute Gasteiger partial charge is 0.293 e. The maximum Gasteiger partial charge on any atom is 0.293 e. The molecule has 2 rings (SSSR count). The predicted octanol–water partition coefficient (Wildman–Crippen LogP) is 3.92. The molecule has 1 aromatic heterocycles. The minimum Gasteiger partial charge on any atom is -0.379 e. The van der Waals surface area contributed by atoms with Crippen LogP contribution in [0.1, 0.15) is 10.7 Å². The van der Waals surface area contributed by atoms with Gasteiger partial charge in [-0.2, -0.15) is 0 Å². The second kappa shape index (κ2) is 6.27. The van der Waals surface area contributed by atoms with E-state index in [0.29, 0.717) is 13.0 Å². The predicted molar refractivity (Wildman–Crippen MR) is 79.8 cm³/mol. The molecule has 0 aliphatic carbocycles. The lowest BCUT2D eigenvalue weighted by molar-refractivity contribution is -0.384. The van der Waals surface area contributed by atoms with Crippen LogP contribution in [0, 0.1) is 22.9 Å². The van der Waals surface area contributed by atoms with Crippen molar-refractivity contribution in [3.63, 3.8) is 0 Å². The lowest BCUT2D eigenvalue weighted by atomic mass is 10.2. The van der Waals surface area contributed by atoms with Crippen molar-refractivity contribution >= 4 is 38.6 Å². The van der Waals surface area contributed by atoms with Gasteiger partial charge in [-0.25, -0.2) is 9.37 Å². The summed E-state index contributed by atoms with van der Waals surface area (Å²) in [6, 6.07) is 2.28. The summed E-state index contributed by atoms with van der Waals surface area (Å²) >= 11 is 4.47. The van der Waals surface area contributed by atoms with Crippen molar-refractivity contribution in [2.75, 3.05) is 11.9 Å². The average molecular weight is 360 g/mol. The number of rotatable bonds is 5. The number of nitro benzene ring substituents is 1. The normalized spacial score (nSPS) is 10.6. The summed E-state index contributed by atoms with van der Waals surface area (Å²) in [5.74, 6) is -0.539.